The second-order valence-electron chi connectivity index (χ2n) is 6.20. The quantitative estimate of drug-likeness (QED) is 0.770. The van der Waals surface area contributed by atoms with Crippen LogP contribution in [0.3, 0.4) is 0 Å². The van der Waals surface area contributed by atoms with Gasteiger partial charge >= 0.3 is 0 Å². The molecule has 2 aromatic rings. The minimum Gasteiger partial charge on any atom is -0.356 e. The van der Waals surface area contributed by atoms with Gasteiger partial charge in [0.1, 0.15) is 0 Å². The number of amides is 1. The Hall–Kier alpha value is -2.14. The average Bonchev–Trinajstić information content (AvgIpc) is 2.75. The van der Waals surface area contributed by atoms with E-state index in [2.05, 4.69) is 5.32 Å². The van der Waals surface area contributed by atoms with Gasteiger partial charge in [-0.25, -0.2) is 8.42 Å². The van der Waals surface area contributed by atoms with E-state index in [4.69, 9.17) is 0 Å². The van der Waals surface area contributed by atoms with Crippen LogP contribution in [0, 0.1) is 0 Å². The first-order valence-corrected chi connectivity index (χ1v) is 11.6. The molecule has 0 radical (unpaired) electrons. The SMILES string of the molecule is CC.CC.CC(=O)NC[C@@H]1CCCc2cc(S(=O)(=O)c3ccccc3)ccc21. The lowest BCUT2D eigenvalue weighted by Gasteiger charge is -2.26. The summed E-state index contributed by atoms with van der Waals surface area (Å²) in [7, 11) is -3.49. The lowest BCUT2D eigenvalue weighted by molar-refractivity contribution is -0.119. The summed E-state index contributed by atoms with van der Waals surface area (Å²) in [6.45, 7) is 10.1. The fourth-order valence-corrected chi connectivity index (χ4v) is 4.61. The maximum atomic E-state index is 12.8. The molecule has 1 atom stereocenters. The molecule has 0 unspecified atom stereocenters. The van der Waals surface area contributed by atoms with Gasteiger partial charge in [0.2, 0.25) is 15.7 Å². The van der Waals surface area contributed by atoms with E-state index in [0.717, 1.165) is 30.4 Å². The maximum absolute atomic E-state index is 12.8. The minimum absolute atomic E-state index is 0.0367. The van der Waals surface area contributed by atoms with Crippen molar-refractivity contribution in [3.63, 3.8) is 0 Å². The normalized spacial score (nSPS) is 15.1. The third-order valence-electron chi connectivity index (χ3n) is 4.51. The number of fused-ring (bicyclic) bond motifs is 1. The van der Waals surface area contributed by atoms with Crippen molar-refractivity contribution in [3.05, 3.63) is 59.7 Å². The van der Waals surface area contributed by atoms with E-state index >= 15 is 0 Å². The Bertz CT molecular complexity index is 845. The van der Waals surface area contributed by atoms with Crippen LogP contribution in [-0.2, 0) is 21.1 Å². The predicted molar refractivity (Wildman–Crippen MR) is 115 cm³/mol. The molecule has 1 aliphatic carbocycles. The van der Waals surface area contributed by atoms with Gasteiger partial charge in [0.15, 0.2) is 0 Å². The van der Waals surface area contributed by atoms with Gasteiger partial charge in [-0.3, -0.25) is 4.79 Å². The molecule has 1 amide bonds. The van der Waals surface area contributed by atoms with Crippen molar-refractivity contribution >= 4 is 15.7 Å². The van der Waals surface area contributed by atoms with Gasteiger partial charge in [0, 0.05) is 19.4 Å². The Morgan fingerprint density at radius 2 is 1.64 bits per heavy atom. The summed E-state index contributed by atoms with van der Waals surface area (Å²) >= 11 is 0. The highest BCUT2D eigenvalue weighted by Gasteiger charge is 2.24. The highest BCUT2D eigenvalue weighted by Crippen LogP contribution is 2.33. The first-order chi connectivity index (χ1) is 13.5. The van der Waals surface area contributed by atoms with Crippen LogP contribution >= 0.6 is 0 Å². The molecule has 0 aliphatic heterocycles. The molecule has 1 aliphatic rings. The Balaban J connectivity index is 0.000000921. The van der Waals surface area contributed by atoms with Crippen molar-refractivity contribution < 1.29 is 13.2 Å². The zero-order chi connectivity index (χ0) is 21.2. The number of benzene rings is 2. The van der Waals surface area contributed by atoms with E-state index < -0.39 is 9.84 Å². The van der Waals surface area contributed by atoms with Crippen LogP contribution in [0.4, 0.5) is 0 Å². The third kappa shape index (κ3) is 5.93. The molecule has 154 valence electrons. The third-order valence-corrected chi connectivity index (χ3v) is 6.28. The van der Waals surface area contributed by atoms with Crippen molar-refractivity contribution in [1.82, 2.24) is 5.32 Å². The lowest BCUT2D eigenvalue weighted by atomic mass is 9.83. The Morgan fingerprint density at radius 3 is 2.25 bits per heavy atom. The van der Waals surface area contributed by atoms with Gasteiger partial charge in [0.25, 0.3) is 0 Å². The average molecular weight is 404 g/mol. The number of hydrogen-bond donors (Lipinski definition) is 1. The molecule has 0 spiro atoms. The van der Waals surface area contributed by atoms with E-state index in [0.29, 0.717) is 16.3 Å². The first-order valence-electron chi connectivity index (χ1n) is 10.2. The zero-order valence-electron chi connectivity index (χ0n) is 17.7. The van der Waals surface area contributed by atoms with Crippen LogP contribution in [-0.4, -0.2) is 20.9 Å². The summed E-state index contributed by atoms with van der Waals surface area (Å²) in [4.78, 5) is 11.8. The molecule has 0 aromatic heterocycles. The van der Waals surface area contributed by atoms with Crippen LogP contribution in [0.1, 0.15) is 64.5 Å². The van der Waals surface area contributed by atoms with Crippen molar-refractivity contribution in [2.75, 3.05) is 6.54 Å². The van der Waals surface area contributed by atoms with Crippen molar-refractivity contribution in [3.8, 4) is 0 Å². The molecule has 1 N–H and O–H groups in total. The second-order valence-corrected chi connectivity index (χ2v) is 8.15. The number of hydrogen-bond acceptors (Lipinski definition) is 3. The van der Waals surface area contributed by atoms with E-state index in [1.165, 1.54) is 6.92 Å². The summed E-state index contributed by atoms with van der Waals surface area (Å²) in [6, 6.07) is 13.9. The van der Waals surface area contributed by atoms with Gasteiger partial charge in [-0.05, 0) is 54.7 Å². The van der Waals surface area contributed by atoms with Gasteiger partial charge in [-0.15, -0.1) is 0 Å². The van der Waals surface area contributed by atoms with E-state index in [9.17, 15) is 13.2 Å². The molecule has 0 saturated carbocycles. The summed E-state index contributed by atoms with van der Waals surface area (Å²) < 4.78 is 25.5. The first kappa shape index (κ1) is 23.9. The Labute approximate surface area is 170 Å². The van der Waals surface area contributed by atoms with Gasteiger partial charge in [-0.2, -0.15) is 0 Å². The smallest absolute Gasteiger partial charge is 0.216 e. The number of nitrogens with one attached hydrogen (secondary N) is 1. The van der Waals surface area contributed by atoms with Crippen LogP contribution in [0.5, 0.6) is 0 Å². The summed E-state index contributed by atoms with van der Waals surface area (Å²) in [6.07, 6.45) is 2.90. The summed E-state index contributed by atoms with van der Waals surface area (Å²) in [5, 5.41) is 2.87. The molecule has 0 bridgehead atoms. The molecule has 0 fully saturated rings. The van der Waals surface area contributed by atoms with Crippen LogP contribution in [0.2, 0.25) is 0 Å². The topological polar surface area (TPSA) is 63.2 Å². The molecule has 0 heterocycles. The second kappa shape index (κ2) is 11.6. The molecular formula is C23H33NO3S. The fraction of sp³-hybridized carbons (Fsp3) is 0.435. The van der Waals surface area contributed by atoms with E-state index in [1.807, 2.05) is 33.8 Å². The van der Waals surface area contributed by atoms with Crippen LogP contribution < -0.4 is 5.32 Å². The summed E-state index contributed by atoms with van der Waals surface area (Å²) in [5.41, 5.74) is 2.23. The van der Waals surface area contributed by atoms with E-state index in [1.54, 1.807) is 42.5 Å². The number of sulfone groups is 1. The number of carbonyl (C=O) groups is 1. The Kier molecular flexibility index (Phi) is 9.94. The maximum Gasteiger partial charge on any atom is 0.216 e. The molecule has 2 aromatic carbocycles. The Morgan fingerprint density at radius 1 is 1.00 bits per heavy atom. The fourth-order valence-electron chi connectivity index (χ4n) is 3.27. The number of carbonyl (C=O) groups excluding carboxylic acids is 1. The van der Waals surface area contributed by atoms with Crippen molar-refractivity contribution in [2.45, 2.75) is 69.6 Å². The standard InChI is InChI=1S/C19H21NO3S.2C2H6/c1-14(21)20-13-16-7-5-6-15-12-18(10-11-19(15)16)24(22,23)17-8-3-2-4-9-17;2*1-2/h2-4,8-12,16H,5-7,13H2,1H3,(H,20,21);2*1-2H3/t16-;;/m0../s1. The number of aryl methyl sites for hydroxylation is 1. The summed E-state index contributed by atoms with van der Waals surface area (Å²) in [5.74, 6) is 0.219. The lowest BCUT2D eigenvalue weighted by Crippen LogP contribution is -2.28. The van der Waals surface area contributed by atoms with Crippen molar-refractivity contribution in [2.24, 2.45) is 0 Å². The zero-order valence-corrected chi connectivity index (χ0v) is 18.5. The molecule has 0 saturated heterocycles. The van der Waals surface area contributed by atoms with Gasteiger partial charge < -0.3 is 5.32 Å². The molecule has 3 rings (SSSR count). The van der Waals surface area contributed by atoms with Crippen LogP contribution in [0.25, 0.3) is 0 Å². The van der Waals surface area contributed by atoms with Gasteiger partial charge in [-0.1, -0.05) is 52.0 Å². The van der Waals surface area contributed by atoms with Gasteiger partial charge in [0.05, 0.1) is 9.79 Å². The van der Waals surface area contributed by atoms with E-state index in [-0.39, 0.29) is 11.8 Å². The monoisotopic (exact) mass is 403 g/mol. The van der Waals surface area contributed by atoms with Crippen LogP contribution in [0.15, 0.2) is 58.3 Å². The predicted octanol–water partition coefficient (Wildman–Crippen LogP) is 5.13. The van der Waals surface area contributed by atoms with Crippen molar-refractivity contribution in [1.29, 1.82) is 0 Å². The molecular weight excluding hydrogens is 370 g/mol. The highest BCUT2D eigenvalue weighted by atomic mass is 32.2. The molecule has 5 heteroatoms. The highest BCUT2D eigenvalue weighted by molar-refractivity contribution is 7.91. The minimum atomic E-state index is -3.49. The number of rotatable bonds is 4. The molecule has 4 nitrogen and oxygen atoms in total. The molecule has 28 heavy (non-hydrogen) atoms. The largest absolute Gasteiger partial charge is 0.356 e.